The lowest BCUT2D eigenvalue weighted by molar-refractivity contribution is -0.118. The van der Waals surface area contributed by atoms with Crippen LogP contribution in [-0.2, 0) is 16.1 Å². The van der Waals surface area contributed by atoms with Crippen molar-refractivity contribution >= 4 is 23.2 Å². The van der Waals surface area contributed by atoms with E-state index in [4.69, 9.17) is 30.5 Å². The van der Waals surface area contributed by atoms with Gasteiger partial charge in [0.05, 0.1) is 14.2 Å². The molecule has 1 aliphatic carbocycles. The summed E-state index contributed by atoms with van der Waals surface area (Å²) in [5.41, 5.74) is -0.728. The van der Waals surface area contributed by atoms with E-state index in [1.54, 1.807) is 19.1 Å². The Labute approximate surface area is 183 Å². The molecule has 31 heavy (non-hydrogen) atoms. The van der Waals surface area contributed by atoms with Crippen LogP contribution in [0.4, 0.5) is 4.39 Å². The summed E-state index contributed by atoms with van der Waals surface area (Å²) in [4.78, 5) is 26.0. The van der Waals surface area contributed by atoms with E-state index in [0.29, 0.717) is 11.3 Å². The van der Waals surface area contributed by atoms with Gasteiger partial charge in [-0.3, -0.25) is 9.59 Å². The Balaban J connectivity index is 1.77. The number of hydrogen-bond donors (Lipinski definition) is 0. The number of halogens is 2. The molecular weight excluding hydrogens is 427 g/mol. The first-order valence-corrected chi connectivity index (χ1v) is 10.00. The summed E-state index contributed by atoms with van der Waals surface area (Å²) < 4.78 is 36.0. The van der Waals surface area contributed by atoms with Crippen molar-refractivity contribution in [1.82, 2.24) is 0 Å². The number of ketones is 2. The number of carbonyl (C=O) groups excluding carboxylic acids is 2. The van der Waals surface area contributed by atoms with Crippen molar-refractivity contribution in [3.05, 3.63) is 64.1 Å². The van der Waals surface area contributed by atoms with Gasteiger partial charge in [-0.25, -0.2) is 4.39 Å². The third kappa shape index (κ3) is 3.33. The fourth-order valence-electron chi connectivity index (χ4n) is 3.98. The van der Waals surface area contributed by atoms with E-state index in [-0.39, 0.29) is 52.5 Å². The normalized spacial score (nSPS) is 22.1. The van der Waals surface area contributed by atoms with Gasteiger partial charge in [0.15, 0.2) is 17.3 Å². The highest BCUT2D eigenvalue weighted by Crippen LogP contribution is 2.54. The summed E-state index contributed by atoms with van der Waals surface area (Å²) in [5.74, 6) is -0.746. The maximum absolute atomic E-state index is 13.7. The SMILES string of the molecule is COc1cc(OC)c2c(c1Cl)O[C@]1(C2=O)C(OCc2ccc(F)cc2)=CC(=O)C[C@H]1C. The molecular formula is C23H20ClFO6. The summed E-state index contributed by atoms with van der Waals surface area (Å²) in [7, 11) is 2.87. The Kier molecular flexibility index (Phi) is 5.39. The molecule has 4 rings (SSSR count). The maximum Gasteiger partial charge on any atom is 0.231 e. The fourth-order valence-corrected chi connectivity index (χ4v) is 4.24. The monoisotopic (exact) mass is 446 g/mol. The molecule has 2 aliphatic rings. The second kappa shape index (κ2) is 7.89. The molecule has 1 heterocycles. The van der Waals surface area contributed by atoms with Crippen LogP contribution in [0.2, 0.25) is 5.02 Å². The molecule has 0 N–H and O–H groups in total. The number of hydrogen-bond acceptors (Lipinski definition) is 6. The lowest BCUT2D eigenvalue weighted by atomic mass is 9.75. The Morgan fingerprint density at radius 1 is 1.16 bits per heavy atom. The fraction of sp³-hybridized carbons (Fsp3) is 0.304. The zero-order valence-corrected chi connectivity index (χ0v) is 17.9. The van der Waals surface area contributed by atoms with Crippen LogP contribution in [-0.4, -0.2) is 31.4 Å². The Morgan fingerprint density at radius 2 is 1.84 bits per heavy atom. The molecule has 0 fully saturated rings. The van der Waals surface area contributed by atoms with Gasteiger partial charge in [0, 0.05) is 24.5 Å². The van der Waals surface area contributed by atoms with E-state index in [2.05, 4.69) is 0 Å². The van der Waals surface area contributed by atoms with Crippen LogP contribution in [0.1, 0.15) is 29.3 Å². The quantitative estimate of drug-likeness (QED) is 0.672. The molecule has 1 spiro atoms. The van der Waals surface area contributed by atoms with Crippen molar-refractivity contribution in [2.75, 3.05) is 14.2 Å². The van der Waals surface area contributed by atoms with E-state index in [0.717, 1.165) is 0 Å². The van der Waals surface area contributed by atoms with Gasteiger partial charge < -0.3 is 18.9 Å². The molecule has 2 atom stereocenters. The summed E-state index contributed by atoms with van der Waals surface area (Å²) in [6.45, 7) is 1.77. The average molecular weight is 447 g/mol. The predicted molar refractivity (Wildman–Crippen MR) is 110 cm³/mol. The van der Waals surface area contributed by atoms with Gasteiger partial charge >= 0.3 is 0 Å². The van der Waals surface area contributed by atoms with Crippen molar-refractivity contribution < 1.29 is 32.9 Å². The van der Waals surface area contributed by atoms with E-state index >= 15 is 0 Å². The second-order valence-electron chi connectivity index (χ2n) is 7.46. The molecule has 1 aliphatic heterocycles. The van der Waals surface area contributed by atoms with Gasteiger partial charge in [-0.2, -0.15) is 0 Å². The van der Waals surface area contributed by atoms with E-state index in [9.17, 15) is 14.0 Å². The Morgan fingerprint density at radius 3 is 2.48 bits per heavy atom. The van der Waals surface area contributed by atoms with Gasteiger partial charge in [0.2, 0.25) is 11.4 Å². The van der Waals surface area contributed by atoms with Crippen LogP contribution in [0.15, 0.2) is 42.2 Å². The highest BCUT2D eigenvalue weighted by molar-refractivity contribution is 6.35. The smallest absolute Gasteiger partial charge is 0.231 e. The summed E-state index contributed by atoms with van der Waals surface area (Å²) in [5, 5.41) is 0.130. The third-order valence-electron chi connectivity index (χ3n) is 5.59. The van der Waals surface area contributed by atoms with E-state index in [1.165, 1.54) is 38.5 Å². The van der Waals surface area contributed by atoms with Crippen molar-refractivity contribution in [2.45, 2.75) is 25.6 Å². The zero-order valence-electron chi connectivity index (χ0n) is 17.2. The molecule has 0 amide bonds. The summed E-state index contributed by atoms with van der Waals surface area (Å²) in [6.07, 6.45) is 1.38. The number of ether oxygens (including phenoxy) is 4. The van der Waals surface area contributed by atoms with Gasteiger partial charge in [-0.05, 0) is 17.7 Å². The van der Waals surface area contributed by atoms with Crippen molar-refractivity contribution in [2.24, 2.45) is 5.92 Å². The van der Waals surface area contributed by atoms with Crippen molar-refractivity contribution in [1.29, 1.82) is 0 Å². The first kappa shape index (κ1) is 21.2. The minimum atomic E-state index is -1.57. The molecule has 2 aromatic carbocycles. The van der Waals surface area contributed by atoms with Gasteiger partial charge in [-0.15, -0.1) is 0 Å². The van der Waals surface area contributed by atoms with E-state index in [1.807, 2.05) is 0 Å². The van der Waals surface area contributed by atoms with Crippen LogP contribution < -0.4 is 14.2 Å². The number of allylic oxidation sites excluding steroid dienone is 1. The van der Waals surface area contributed by atoms with Crippen LogP contribution in [0.5, 0.6) is 17.2 Å². The highest BCUT2D eigenvalue weighted by Gasteiger charge is 2.60. The Hall–Kier alpha value is -3.06. The molecule has 0 bridgehead atoms. The minimum absolute atomic E-state index is 0.0229. The molecule has 6 nitrogen and oxygen atoms in total. The van der Waals surface area contributed by atoms with Crippen LogP contribution >= 0.6 is 11.6 Å². The van der Waals surface area contributed by atoms with Crippen LogP contribution in [0.3, 0.4) is 0 Å². The first-order valence-electron chi connectivity index (χ1n) is 9.62. The summed E-state index contributed by atoms with van der Waals surface area (Å²) in [6, 6.07) is 7.26. The molecule has 0 unspecified atom stereocenters. The second-order valence-corrected chi connectivity index (χ2v) is 7.84. The van der Waals surface area contributed by atoms with Crippen molar-refractivity contribution in [3.63, 3.8) is 0 Å². The minimum Gasteiger partial charge on any atom is -0.496 e. The molecule has 162 valence electrons. The summed E-state index contributed by atoms with van der Waals surface area (Å²) >= 11 is 6.44. The van der Waals surface area contributed by atoms with Gasteiger partial charge in [0.1, 0.15) is 34.5 Å². The van der Waals surface area contributed by atoms with E-state index < -0.39 is 17.3 Å². The van der Waals surface area contributed by atoms with Crippen LogP contribution in [0, 0.1) is 11.7 Å². The highest BCUT2D eigenvalue weighted by atomic mass is 35.5. The Bertz CT molecular complexity index is 1090. The number of benzene rings is 2. The number of methoxy groups -OCH3 is 2. The number of Topliss-reactive ketones (excluding diaryl/α,β-unsaturated/α-hetero) is 1. The molecule has 0 saturated heterocycles. The topological polar surface area (TPSA) is 71.1 Å². The zero-order chi connectivity index (χ0) is 22.3. The molecule has 2 aromatic rings. The average Bonchev–Trinajstić information content (AvgIpc) is 3.06. The number of fused-ring (bicyclic) bond motifs is 1. The maximum atomic E-state index is 13.7. The lowest BCUT2D eigenvalue weighted by Gasteiger charge is -2.37. The first-order chi connectivity index (χ1) is 14.8. The molecule has 0 saturated carbocycles. The predicted octanol–water partition coefficient (Wildman–Crippen LogP) is 4.52. The molecule has 0 radical (unpaired) electrons. The standard InChI is InChI=1S/C23H20ClFO6/c1-12-8-15(26)9-18(30-11-13-4-6-14(25)7-5-13)23(12)22(27)19-16(28-2)10-17(29-3)20(24)21(19)31-23/h4-7,9-10,12H,8,11H2,1-3H3/t12-,23+/m1/s1. The third-order valence-corrected chi connectivity index (χ3v) is 5.94. The lowest BCUT2D eigenvalue weighted by Crippen LogP contribution is -2.51. The molecule has 8 heteroatoms. The van der Waals surface area contributed by atoms with Gasteiger partial charge in [-0.1, -0.05) is 30.7 Å². The largest absolute Gasteiger partial charge is 0.496 e. The number of carbonyl (C=O) groups is 2. The van der Waals surface area contributed by atoms with Gasteiger partial charge in [0.25, 0.3) is 0 Å². The number of rotatable bonds is 5. The van der Waals surface area contributed by atoms with Crippen LogP contribution in [0.25, 0.3) is 0 Å². The van der Waals surface area contributed by atoms with Crippen molar-refractivity contribution in [3.8, 4) is 17.2 Å². The molecule has 0 aromatic heterocycles.